The van der Waals surface area contributed by atoms with Crippen LogP contribution in [0.25, 0.3) is 28.2 Å². The first kappa shape index (κ1) is 15.2. The maximum Gasteiger partial charge on any atom is 0.156 e. The second kappa shape index (κ2) is 5.94. The van der Waals surface area contributed by atoms with Crippen molar-refractivity contribution < 1.29 is 9.84 Å². The summed E-state index contributed by atoms with van der Waals surface area (Å²) in [5.74, 6) is 1.02. The quantitative estimate of drug-likeness (QED) is 0.614. The fourth-order valence-corrected chi connectivity index (χ4v) is 2.86. The molecule has 0 fully saturated rings. The van der Waals surface area contributed by atoms with Gasteiger partial charge in [-0.1, -0.05) is 11.6 Å². The average molecular weight is 331 g/mol. The summed E-state index contributed by atoms with van der Waals surface area (Å²) >= 11 is 0. The van der Waals surface area contributed by atoms with Crippen molar-refractivity contribution in [2.24, 2.45) is 0 Å². The van der Waals surface area contributed by atoms with Crippen LogP contribution in [0.5, 0.6) is 11.5 Å². The molecule has 25 heavy (non-hydrogen) atoms. The van der Waals surface area contributed by atoms with E-state index in [0.717, 1.165) is 39.5 Å². The fraction of sp³-hybridized carbons (Fsp3) is 0.100. The molecule has 2 aromatic carbocycles. The van der Waals surface area contributed by atoms with Gasteiger partial charge in [-0.15, -0.1) is 0 Å². The second-order valence-corrected chi connectivity index (χ2v) is 5.88. The molecule has 1 N–H and O–H groups in total. The van der Waals surface area contributed by atoms with Gasteiger partial charge in [0.15, 0.2) is 5.65 Å². The molecule has 0 amide bonds. The highest BCUT2D eigenvalue weighted by molar-refractivity contribution is 5.72. The third-order valence-corrected chi connectivity index (χ3v) is 4.17. The first-order valence-electron chi connectivity index (χ1n) is 7.95. The maximum absolute atomic E-state index is 10.3. The lowest BCUT2D eigenvalue weighted by atomic mass is 10.1. The lowest BCUT2D eigenvalue weighted by Gasteiger charge is -2.07. The van der Waals surface area contributed by atoms with Crippen molar-refractivity contribution in [3.8, 4) is 34.0 Å². The Hall–Kier alpha value is -3.34. The Kier molecular flexibility index (Phi) is 3.61. The van der Waals surface area contributed by atoms with E-state index in [-0.39, 0.29) is 5.75 Å². The van der Waals surface area contributed by atoms with Gasteiger partial charge in [0, 0.05) is 23.4 Å². The number of aryl methyl sites for hydroxylation is 1. The summed E-state index contributed by atoms with van der Waals surface area (Å²) in [5.41, 5.74) is 5.12. The minimum atomic E-state index is 0.222. The summed E-state index contributed by atoms with van der Waals surface area (Å²) < 4.78 is 6.96. The SMILES string of the molecule is COc1ccc(-c2cc3nccc(-c4cc(C)ccc4O)n3n2)cc1. The van der Waals surface area contributed by atoms with Crippen molar-refractivity contribution in [3.63, 3.8) is 0 Å². The molecule has 0 radical (unpaired) electrons. The van der Waals surface area contributed by atoms with E-state index in [2.05, 4.69) is 10.1 Å². The molecule has 2 heterocycles. The van der Waals surface area contributed by atoms with Crippen LogP contribution in [0, 0.1) is 6.92 Å². The average Bonchev–Trinajstić information content (AvgIpc) is 3.08. The molecule has 0 aliphatic carbocycles. The smallest absolute Gasteiger partial charge is 0.156 e. The minimum absolute atomic E-state index is 0.222. The molecular formula is C20H17N3O2. The van der Waals surface area contributed by atoms with Crippen LogP contribution in [0.15, 0.2) is 60.8 Å². The lowest BCUT2D eigenvalue weighted by molar-refractivity contribution is 0.415. The van der Waals surface area contributed by atoms with Crippen molar-refractivity contribution in [3.05, 3.63) is 66.4 Å². The zero-order chi connectivity index (χ0) is 17.4. The van der Waals surface area contributed by atoms with Crippen LogP contribution in [0.1, 0.15) is 5.56 Å². The summed E-state index contributed by atoms with van der Waals surface area (Å²) in [6.07, 6.45) is 1.73. The van der Waals surface area contributed by atoms with Crippen LogP contribution in [0.3, 0.4) is 0 Å². The first-order valence-corrected chi connectivity index (χ1v) is 7.95. The predicted octanol–water partition coefficient (Wildman–Crippen LogP) is 4.09. The molecule has 0 unspecified atom stereocenters. The summed E-state index contributed by atoms with van der Waals surface area (Å²) in [6, 6.07) is 17.0. The Morgan fingerprint density at radius 3 is 2.56 bits per heavy atom. The van der Waals surface area contributed by atoms with Crippen molar-refractivity contribution in [1.82, 2.24) is 14.6 Å². The Morgan fingerprint density at radius 2 is 1.80 bits per heavy atom. The molecule has 0 bridgehead atoms. The van der Waals surface area contributed by atoms with E-state index in [1.54, 1.807) is 23.9 Å². The molecule has 0 aliphatic rings. The summed E-state index contributed by atoms with van der Waals surface area (Å²) in [5, 5.41) is 14.9. The van der Waals surface area contributed by atoms with Gasteiger partial charge in [0.2, 0.25) is 0 Å². The van der Waals surface area contributed by atoms with Crippen LogP contribution in [0.2, 0.25) is 0 Å². The van der Waals surface area contributed by atoms with Crippen LogP contribution in [-0.4, -0.2) is 26.8 Å². The number of benzene rings is 2. The number of phenols is 1. The molecule has 5 heteroatoms. The van der Waals surface area contributed by atoms with Gasteiger partial charge in [-0.25, -0.2) is 9.50 Å². The van der Waals surface area contributed by atoms with Crippen molar-refractivity contribution >= 4 is 5.65 Å². The van der Waals surface area contributed by atoms with Gasteiger partial charge in [-0.2, -0.15) is 5.10 Å². The molecule has 0 atom stereocenters. The van der Waals surface area contributed by atoms with Crippen molar-refractivity contribution in [2.45, 2.75) is 6.92 Å². The Balaban J connectivity index is 1.87. The fourth-order valence-electron chi connectivity index (χ4n) is 2.86. The van der Waals surface area contributed by atoms with Gasteiger partial charge in [-0.05, 0) is 49.4 Å². The lowest BCUT2D eigenvalue weighted by Crippen LogP contribution is -1.96. The van der Waals surface area contributed by atoms with Crippen LogP contribution in [-0.2, 0) is 0 Å². The molecule has 2 aromatic heterocycles. The molecule has 124 valence electrons. The van der Waals surface area contributed by atoms with E-state index in [1.165, 1.54) is 0 Å². The largest absolute Gasteiger partial charge is 0.507 e. The number of rotatable bonds is 3. The van der Waals surface area contributed by atoms with E-state index < -0.39 is 0 Å². The van der Waals surface area contributed by atoms with Crippen LogP contribution in [0.4, 0.5) is 0 Å². The third-order valence-electron chi connectivity index (χ3n) is 4.17. The highest BCUT2D eigenvalue weighted by Crippen LogP contribution is 2.31. The molecule has 0 saturated heterocycles. The van der Waals surface area contributed by atoms with Crippen LogP contribution < -0.4 is 4.74 Å². The number of methoxy groups -OCH3 is 1. The normalized spacial score (nSPS) is 11.0. The third kappa shape index (κ3) is 2.70. The Bertz CT molecular complexity index is 1050. The number of hydrogen-bond acceptors (Lipinski definition) is 4. The highest BCUT2D eigenvalue weighted by atomic mass is 16.5. The summed E-state index contributed by atoms with van der Waals surface area (Å²) in [4.78, 5) is 4.39. The molecule has 0 spiro atoms. The van der Waals surface area contributed by atoms with Gasteiger partial charge in [0.25, 0.3) is 0 Å². The molecule has 5 nitrogen and oxygen atoms in total. The molecule has 4 rings (SSSR count). The minimum Gasteiger partial charge on any atom is -0.507 e. The van der Waals surface area contributed by atoms with E-state index in [1.807, 2.05) is 55.5 Å². The number of fused-ring (bicyclic) bond motifs is 1. The monoisotopic (exact) mass is 331 g/mol. The van der Waals surface area contributed by atoms with Crippen LogP contribution >= 0.6 is 0 Å². The molecule has 0 aliphatic heterocycles. The number of aromatic hydroxyl groups is 1. The summed E-state index contributed by atoms with van der Waals surface area (Å²) in [6.45, 7) is 1.99. The van der Waals surface area contributed by atoms with Gasteiger partial charge in [0.1, 0.15) is 11.5 Å². The van der Waals surface area contributed by atoms with E-state index in [9.17, 15) is 5.11 Å². The van der Waals surface area contributed by atoms with E-state index >= 15 is 0 Å². The van der Waals surface area contributed by atoms with Gasteiger partial charge >= 0.3 is 0 Å². The first-order chi connectivity index (χ1) is 12.2. The second-order valence-electron chi connectivity index (χ2n) is 5.88. The number of aromatic nitrogens is 3. The maximum atomic E-state index is 10.3. The topological polar surface area (TPSA) is 59.7 Å². The van der Waals surface area contributed by atoms with Gasteiger partial charge in [0.05, 0.1) is 18.5 Å². The van der Waals surface area contributed by atoms with E-state index in [0.29, 0.717) is 0 Å². The Labute approximate surface area is 145 Å². The Morgan fingerprint density at radius 1 is 1.00 bits per heavy atom. The number of hydrogen-bond donors (Lipinski definition) is 1. The predicted molar refractivity (Wildman–Crippen MR) is 96.8 cm³/mol. The zero-order valence-corrected chi connectivity index (χ0v) is 14.0. The molecule has 4 aromatic rings. The molecule has 0 saturated carbocycles. The highest BCUT2D eigenvalue weighted by Gasteiger charge is 2.12. The number of ether oxygens (including phenoxy) is 1. The van der Waals surface area contributed by atoms with Gasteiger partial charge in [-0.3, -0.25) is 0 Å². The number of nitrogens with zero attached hydrogens (tertiary/aromatic N) is 3. The van der Waals surface area contributed by atoms with Gasteiger partial charge < -0.3 is 9.84 Å². The van der Waals surface area contributed by atoms with E-state index in [4.69, 9.17) is 4.74 Å². The summed E-state index contributed by atoms with van der Waals surface area (Å²) in [7, 11) is 1.64. The zero-order valence-electron chi connectivity index (χ0n) is 14.0. The standard InChI is InChI=1S/C20H17N3O2/c1-13-3-8-19(24)16(11-13)18-9-10-21-20-12-17(22-23(18)20)14-4-6-15(25-2)7-5-14/h3-12,24H,1-2H3. The van der Waals surface area contributed by atoms with Crippen molar-refractivity contribution in [2.75, 3.05) is 7.11 Å². The number of phenolic OH excluding ortho intramolecular Hbond substituents is 1. The van der Waals surface area contributed by atoms with Crippen molar-refractivity contribution in [1.29, 1.82) is 0 Å². The molecular weight excluding hydrogens is 314 g/mol.